The first-order chi connectivity index (χ1) is 13.7. The van der Waals surface area contributed by atoms with Gasteiger partial charge in [0.15, 0.2) is 6.10 Å². The molecule has 0 heterocycles. The van der Waals surface area contributed by atoms with Crippen LogP contribution in [0.5, 0.6) is 0 Å². The highest BCUT2D eigenvalue weighted by Gasteiger charge is 2.28. The molecule has 29 heavy (non-hydrogen) atoms. The molecule has 0 spiro atoms. The van der Waals surface area contributed by atoms with Crippen molar-refractivity contribution >= 4 is 16.0 Å². The van der Waals surface area contributed by atoms with Crippen LogP contribution in [-0.4, -0.2) is 62.8 Å². The van der Waals surface area contributed by atoms with Gasteiger partial charge >= 0.3 is 0 Å². The van der Waals surface area contributed by atoms with E-state index in [4.69, 9.17) is 14.0 Å². The highest BCUT2D eigenvalue weighted by molar-refractivity contribution is 7.86. The van der Waals surface area contributed by atoms with Crippen LogP contribution in [0.2, 0.25) is 0 Å². The summed E-state index contributed by atoms with van der Waals surface area (Å²) in [5.74, 6) is -0.452. The van der Waals surface area contributed by atoms with E-state index in [0.717, 1.165) is 5.57 Å². The van der Waals surface area contributed by atoms with Gasteiger partial charge in [0.25, 0.3) is 16.0 Å². The fourth-order valence-corrected chi connectivity index (χ4v) is 3.97. The highest BCUT2D eigenvalue weighted by Crippen LogP contribution is 2.24. The number of carbonyl (C=O) groups excluding carboxylic acids is 1. The van der Waals surface area contributed by atoms with Crippen LogP contribution < -0.4 is 0 Å². The van der Waals surface area contributed by atoms with Crippen molar-refractivity contribution in [1.82, 2.24) is 4.90 Å². The molecule has 2 unspecified atom stereocenters. The lowest BCUT2D eigenvalue weighted by atomic mass is 9.93. The number of ether oxygens (including phenoxy) is 1. The first kappa shape index (κ1) is 23.3. The minimum Gasteiger partial charge on any atom is -0.396 e. The second-order valence-electron chi connectivity index (χ2n) is 7.18. The third-order valence-electron chi connectivity index (χ3n) is 4.81. The van der Waals surface area contributed by atoms with Gasteiger partial charge in [-0.1, -0.05) is 36.4 Å². The summed E-state index contributed by atoms with van der Waals surface area (Å²) in [6.45, 7) is 3.91. The van der Waals surface area contributed by atoms with Crippen molar-refractivity contribution in [3.05, 3.63) is 54.1 Å². The zero-order valence-electron chi connectivity index (χ0n) is 17.1. The van der Waals surface area contributed by atoms with E-state index in [1.54, 1.807) is 25.3 Å². The smallest absolute Gasteiger partial charge is 0.297 e. The van der Waals surface area contributed by atoms with Gasteiger partial charge in [-0.05, 0) is 44.4 Å². The minimum absolute atomic E-state index is 0.00154. The molecule has 1 aliphatic rings. The molecule has 0 fully saturated rings. The molecule has 0 bridgehead atoms. The van der Waals surface area contributed by atoms with Gasteiger partial charge in [-0.2, -0.15) is 8.42 Å². The number of methoxy groups -OCH3 is 1. The predicted octanol–water partition coefficient (Wildman–Crippen LogP) is 2.28. The molecule has 0 aliphatic heterocycles. The van der Waals surface area contributed by atoms with Crippen molar-refractivity contribution in [2.75, 3.05) is 26.8 Å². The number of amides is 1. The van der Waals surface area contributed by atoms with E-state index in [0.29, 0.717) is 25.9 Å². The largest absolute Gasteiger partial charge is 0.396 e. The van der Waals surface area contributed by atoms with Crippen molar-refractivity contribution < 1.29 is 27.2 Å². The average molecular weight is 424 g/mol. The number of benzene rings is 1. The van der Waals surface area contributed by atoms with Crippen LogP contribution in [0.25, 0.3) is 0 Å². The third kappa shape index (κ3) is 6.50. The summed E-state index contributed by atoms with van der Waals surface area (Å²) in [7, 11) is -2.41. The molecule has 1 N–H and O–H groups in total. The SMILES string of the molecule is COC1(C)C=CC(CN(CCCO)C(=O)C(C)OS(=O)(=O)c2ccccc2)=CC1. The van der Waals surface area contributed by atoms with Crippen molar-refractivity contribution in [2.24, 2.45) is 0 Å². The van der Waals surface area contributed by atoms with Crippen molar-refractivity contribution in [1.29, 1.82) is 0 Å². The second kappa shape index (κ2) is 10.2. The number of aliphatic hydroxyl groups is 1. The Labute approximate surface area is 172 Å². The monoisotopic (exact) mass is 423 g/mol. The molecule has 1 aliphatic carbocycles. The van der Waals surface area contributed by atoms with E-state index in [9.17, 15) is 13.2 Å². The molecule has 7 nitrogen and oxygen atoms in total. The Morgan fingerprint density at radius 3 is 2.55 bits per heavy atom. The minimum atomic E-state index is -4.05. The van der Waals surface area contributed by atoms with Crippen molar-refractivity contribution in [2.45, 2.75) is 43.3 Å². The molecule has 0 aromatic heterocycles. The standard InChI is InChI=1S/C21H29NO6S/c1-17(28-29(25,26)19-8-5-4-6-9-19)20(24)22(14-7-15-23)16-18-10-12-21(2,27-3)13-11-18/h4-6,8-12,17,23H,7,13-16H2,1-3H3. The first-order valence-corrected chi connectivity index (χ1v) is 10.9. The lowest BCUT2D eigenvalue weighted by molar-refractivity contribution is -0.137. The zero-order chi connectivity index (χ0) is 21.5. The van der Waals surface area contributed by atoms with Gasteiger partial charge in [0, 0.05) is 26.8 Å². The highest BCUT2D eigenvalue weighted by atomic mass is 32.2. The Hall–Kier alpha value is -2.00. The van der Waals surface area contributed by atoms with Crippen LogP contribution in [0.4, 0.5) is 0 Å². The quantitative estimate of drug-likeness (QED) is 0.581. The number of rotatable bonds is 10. The molecule has 0 saturated heterocycles. The third-order valence-corrected chi connectivity index (χ3v) is 6.20. The molecule has 160 valence electrons. The maximum Gasteiger partial charge on any atom is 0.297 e. The van der Waals surface area contributed by atoms with Crippen LogP contribution in [0.3, 0.4) is 0 Å². The van der Waals surface area contributed by atoms with Gasteiger partial charge in [0.1, 0.15) is 0 Å². The van der Waals surface area contributed by atoms with Crippen LogP contribution in [0.15, 0.2) is 59.0 Å². The Bertz CT molecular complexity index is 849. The molecule has 0 saturated carbocycles. The van der Waals surface area contributed by atoms with E-state index in [1.807, 2.05) is 25.2 Å². The maximum atomic E-state index is 12.9. The molecule has 1 aromatic rings. The lowest BCUT2D eigenvalue weighted by Crippen LogP contribution is -2.42. The van der Waals surface area contributed by atoms with Gasteiger partial charge in [0.2, 0.25) is 0 Å². The summed E-state index contributed by atoms with van der Waals surface area (Å²) < 4.78 is 35.4. The molecule has 2 rings (SSSR count). The molecule has 1 amide bonds. The van der Waals surface area contributed by atoms with Gasteiger partial charge < -0.3 is 14.7 Å². The van der Waals surface area contributed by atoms with E-state index in [2.05, 4.69) is 0 Å². The average Bonchev–Trinajstić information content (AvgIpc) is 2.72. The number of nitrogens with zero attached hydrogens (tertiary/aromatic N) is 1. The Kier molecular flexibility index (Phi) is 8.15. The zero-order valence-corrected chi connectivity index (χ0v) is 17.9. The predicted molar refractivity (Wildman–Crippen MR) is 110 cm³/mol. The first-order valence-electron chi connectivity index (χ1n) is 9.52. The summed E-state index contributed by atoms with van der Waals surface area (Å²) in [6.07, 6.45) is 5.71. The maximum absolute atomic E-state index is 12.9. The molecule has 1 aromatic carbocycles. The van der Waals surface area contributed by atoms with Crippen LogP contribution in [0.1, 0.15) is 26.7 Å². The summed E-state index contributed by atoms with van der Waals surface area (Å²) in [4.78, 5) is 14.4. The molecule has 8 heteroatoms. The molecule has 0 radical (unpaired) electrons. The summed E-state index contributed by atoms with van der Waals surface area (Å²) in [6, 6.07) is 7.71. The van der Waals surface area contributed by atoms with Crippen LogP contribution in [-0.2, 0) is 23.8 Å². The van der Waals surface area contributed by atoms with E-state index < -0.39 is 22.1 Å². The lowest BCUT2D eigenvalue weighted by Gasteiger charge is -2.30. The van der Waals surface area contributed by atoms with Gasteiger partial charge in [-0.15, -0.1) is 0 Å². The number of hydrogen-bond donors (Lipinski definition) is 1. The van der Waals surface area contributed by atoms with Crippen molar-refractivity contribution in [3.8, 4) is 0 Å². The summed E-state index contributed by atoms with van der Waals surface area (Å²) in [5, 5.41) is 9.17. The summed E-state index contributed by atoms with van der Waals surface area (Å²) >= 11 is 0. The Morgan fingerprint density at radius 2 is 2.00 bits per heavy atom. The number of aliphatic hydroxyl groups excluding tert-OH is 1. The van der Waals surface area contributed by atoms with Gasteiger partial charge in [0.05, 0.1) is 10.5 Å². The Balaban J connectivity index is 2.09. The topological polar surface area (TPSA) is 93.1 Å². The molecular formula is C21H29NO6S. The number of hydrogen-bond acceptors (Lipinski definition) is 6. The van der Waals surface area contributed by atoms with Gasteiger partial charge in [-0.3, -0.25) is 8.98 Å². The van der Waals surface area contributed by atoms with E-state index in [-0.39, 0.29) is 17.1 Å². The Morgan fingerprint density at radius 1 is 1.31 bits per heavy atom. The van der Waals surface area contributed by atoms with E-state index >= 15 is 0 Å². The number of carbonyl (C=O) groups is 1. The summed E-state index contributed by atoms with van der Waals surface area (Å²) in [5.41, 5.74) is 0.549. The van der Waals surface area contributed by atoms with Gasteiger partial charge in [-0.25, -0.2) is 0 Å². The molecule has 2 atom stereocenters. The fraction of sp³-hybridized carbons (Fsp3) is 0.476. The van der Waals surface area contributed by atoms with Crippen molar-refractivity contribution in [3.63, 3.8) is 0 Å². The second-order valence-corrected chi connectivity index (χ2v) is 8.75. The normalized spacial score (nSPS) is 20.2. The molecular weight excluding hydrogens is 394 g/mol. The fourth-order valence-electron chi connectivity index (χ4n) is 2.90. The van der Waals surface area contributed by atoms with E-state index in [1.165, 1.54) is 24.0 Å². The van der Waals surface area contributed by atoms with Crippen LogP contribution >= 0.6 is 0 Å². The van der Waals surface area contributed by atoms with Crippen LogP contribution in [0, 0.1) is 0 Å².